The molecule has 0 amide bonds. The zero-order valence-corrected chi connectivity index (χ0v) is 12.9. The van der Waals surface area contributed by atoms with Crippen LogP contribution in [-0.2, 0) is 6.61 Å². The van der Waals surface area contributed by atoms with Crippen LogP contribution in [-0.4, -0.2) is 5.11 Å². The quantitative estimate of drug-likeness (QED) is 0.840. The topological polar surface area (TPSA) is 32.3 Å². The van der Waals surface area contributed by atoms with Gasteiger partial charge in [-0.05, 0) is 30.7 Å². The van der Waals surface area contributed by atoms with Gasteiger partial charge in [0.25, 0.3) is 0 Å². The molecule has 4 heteroatoms. The second-order valence-corrected chi connectivity index (χ2v) is 5.67. The summed E-state index contributed by atoms with van der Waals surface area (Å²) in [4.78, 5) is 0. The fraction of sp³-hybridized carbons (Fsp3) is 0.200. The van der Waals surface area contributed by atoms with Gasteiger partial charge in [-0.25, -0.2) is 0 Å². The lowest BCUT2D eigenvalue weighted by Gasteiger charge is -2.19. The molecule has 0 saturated carbocycles. The van der Waals surface area contributed by atoms with Gasteiger partial charge in [-0.15, -0.1) is 0 Å². The third-order valence-corrected chi connectivity index (χ3v) is 3.81. The lowest BCUT2D eigenvalue weighted by atomic mass is 10.1. The van der Waals surface area contributed by atoms with Crippen LogP contribution in [0.25, 0.3) is 0 Å². The molecular formula is C15H15BrClNO. The van der Waals surface area contributed by atoms with Gasteiger partial charge in [-0.2, -0.15) is 0 Å². The molecule has 19 heavy (non-hydrogen) atoms. The number of aliphatic hydroxyl groups is 1. The van der Waals surface area contributed by atoms with E-state index in [0.29, 0.717) is 0 Å². The molecule has 0 radical (unpaired) electrons. The smallest absolute Gasteiger partial charge is 0.0701 e. The molecule has 0 saturated heterocycles. The lowest BCUT2D eigenvalue weighted by molar-refractivity contribution is 0.282. The number of nitrogens with one attached hydrogen (secondary N) is 1. The number of halogens is 2. The Kier molecular flexibility index (Phi) is 4.86. The van der Waals surface area contributed by atoms with Crippen LogP contribution < -0.4 is 5.32 Å². The summed E-state index contributed by atoms with van der Waals surface area (Å²) in [6.45, 7) is 2.06. The first-order chi connectivity index (χ1) is 9.11. The van der Waals surface area contributed by atoms with Crippen molar-refractivity contribution in [3.05, 3.63) is 63.1 Å². The van der Waals surface area contributed by atoms with Crippen molar-refractivity contribution in [1.82, 2.24) is 0 Å². The Bertz CT molecular complexity index is 574. The highest BCUT2D eigenvalue weighted by molar-refractivity contribution is 9.10. The Morgan fingerprint density at radius 1 is 1.26 bits per heavy atom. The monoisotopic (exact) mass is 339 g/mol. The summed E-state index contributed by atoms with van der Waals surface area (Å²) in [5.74, 6) is 0. The van der Waals surface area contributed by atoms with Gasteiger partial charge in [0, 0.05) is 20.7 Å². The minimum atomic E-state index is 0.0178. The predicted molar refractivity (Wildman–Crippen MR) is 83.6 cm³/mol. The van der Waals surface area contributed by atoms with E-state index in [1.54, 1.807) is 0 Å². The highest BCUT2D eigenvalue weighted by Crippen LogP contribution is 2.29. The van der Waals surface area contributed by atoms with Gasteiger partial charge in [0.05, 0.1) is 12.6 Å². The molecule has 2 aromatic rings. The predicted octanol–water partition coefficient (Wildman–Crippen LogP) is 4.77. The first-order valence-electron chi connectivity index (χ1n) is 6.02. The van der Waals surface area contributed by atoms with Crippen molar-refractivity contribution in [2.45, 2.75) is 19.6 Å². The molecule has 1 atom stereocenters. The lowest BCUT2D eigenvalue weighted by Crippen LogP contribution is -2.09. The molecule has 0 fully saturated rings. The number of rotatable bonds is 4. The van der Waals surface area contributed by atoms with Crippen molar-refractivity contribution in [2.75, 3.05) is 5.32 Å². The van der Waals surface area contributed by atoms with Crippen molar-refractivity contribution in [3.8, 4) is 0 Å². The fourth-order valence-corrected chi connectivity index (χ4v) is 2.80. The zero-order valence-electron chi connectivity index (χ0n) is 10.5. The molecule has 1 unspecified atom stereocenters. The summed E-state index contributed by atoms with van der Waals surface area (Å²) in [6, 6.07) is 13.6. The Morgan fingerprint density at radius 3 is 2.68 bits per heavy atom. The highest BCUT2D eigenvalue weighted by atomic mass is 79.9. The van der Waals surface area contributed by atoms with Crippen molar-refractivity contribution in [3.63, 3.8) is 0 Å². The summed E-state index contributed by atoms with van der Waals surface area (Å²) in [7, 11) is 0. The van der Waals surface area contributed by atoms with E-state index in [9.17, 15) is 5.11 Å². The van der Waals surface area contributed by atoms with Crippen LogP contribution in [0.4, 0.5) is 5.69 Å². The molecule has 0 aliphatic rings. The summed E-state index contributed by atoms with van der Waals surface area (Å²) in [6.07, 6.45) is 0. The molecule has 2 N–H and O–H groups in total. The second kappa shape index (κ2) is 6.42. The number of hydrogen-bond acceptors (Lipinski definition) is 2. The average Bonchev–Trinajstić information content (AvgIpc) is 2.39. The minimum Gasteiger partial charge on any atom is -0.392 e. The van der Waals surface area contributed by atoms with E-state index in [4.69, 9.17) is 11.6 Å². The minimum absolute atomic E-state index is 0.0178. The van der Waals surface area contributed by atoms with Crippen LogP contribution in [0.3, 0.4) is 0 Å². The SMILES string of the molecule is CC(Nc1ccccc1CO)c1ccc(Br)cc1Cl. The number of benzene rings is 2. The van der Waals surface area contributed by atoms with E-state index in [2.05, 4.69) is 21.2 Å². The van der Waals surface area contributed by atoms with Crippen LogP contribution in [0.1, 0.15) is 24.1 Å². The maximum Gasteiger partial charge on any atom is 0.0701 e. The third-order valence-electron chi connectivity index (χ3n) is 2.99. The van der Waals surface area contributed by atoms with E-state index < -0.39 is 0 Å². The van der Waals surface area contributed by atoms with E-state index in [1.807, 2.05) is 49.4 Å². The number of anilines is 1. The van der Waals surface area contributed by atoms with Gasteiger partial charge in [-0.1, -0.05) is 51.8 Å². The van der Waals surface area contributed by atoms with E-state index in [1.165, 1.54) is 0 Å². The Balaban J connectivity index is 2.23. The number of para-hydroxylation sites is 1. The van der Waals surface area contributed by atoms with Gasteiger partial charge >= 0.3 is 0 Å². The molecule has 2 aromatic carbocycles. The molecule has 0 heterocycles. The first-order valence-corrected chi connectivity index (χ1v) is 7.19. The molecule has 0 spiro atoms. The molecule has 0 aliphatic carbocycles. The van der Waals surface area contributed by atoms with E-state index >= 15 is 0 Å². The van der Waals surface area contributed by atoms with Crippen LogP contribution in [0.5, 0.6) is 0 Å². The maximum atomic E-state index is 9.32. The van der Waals surface area contributed by atoms with Crippen LogP contribution in [0.15, 0.2) is 46.9 Å². The van der Waals surface area contributed by atoms with E-state index in [-0.39, 0.29) is 12.6 Å². The normalized spacial score (nSPS) is 12.2. The van der Waals surface area contributed by atoms with Gasteiger partial charge in [0.2, 0.25) is 0 Å². The Morgan fingerprint density at radius 2 is 2.00 bits per heavy atom. The highest BCUT2D eigenvalue weighted by Gasteiger charge is 2.11. The second-order valence-electron chi connectivity index (χ2n) is 4.35. The summed E-state index contributed by atoms with van der Waals surface area (Å²) in [5, 5.41) is 13.4. The molecule has 0 aliphatic heterocycles. The van der Waals surface area contributed by atoms with Gasteiger partial charge in [-0.3, -0.25) is 0 Å². The van der Waals surface area contributed by atoms with Crippen molar-refractivity contribution >= 4 is 33.2 Å². The molecule has 0 aromatic heterocycles. The van der Waals surface area contributed by atoms with Crippen LogP contribution in [0.2, 0.25) is 5.02 Å². The third kappa shape index (κ3) is 3.50. The molecule has 100 valence electrons. The van der Waals surface area contributed by atoms with Crippen molar-refractivity contribution < 1.29 is 5.11 Å². The van der Waals surface area contributed by atoms with E-state index in [0.717, 1.165) is 26.3 Å². The molecule has 2 nitrogen and oxygen atoms in total. The van der Waals surface area contributed by atoms with Crippen molar-refractivity contribution in [1.29, 1.82) is 0 Å². The Labute approximate surface area is 126 Å². The van der Waals surface area contributed by atoms with Crippen LogP contribution >= 0.6 is 27.5 Å². The Hall–Kier alpha value is -1.03. The number of hydrogen-bond donors (Lipinski definition) is 2. The van der Waals surface area contributed by atoms with Gasteiger partial charge in [0.15, 0.2) is 0 Å². The summed E-state index contributed by atoms with van der Waals surface area (Å²) < 4.78 is 0.962. The molecule has 2 rings (SSSR count). The molecular weight excluding hydrogens is 326 g/mol. The largest absolute Gasteiger partial charge is 0.392 e. The van der Waals surface area contributed by atoms with Crippen molar-refractivity contribution in [2.24, 2.45) is 0 Å². The fourth-order valence-electron chi connectivity index (χ4n) is 1.96. The molecule has 0 bridgehead atoms. The van der Waals surface area contributed by atoms with Gasteiger partial charge < -0.3 is 10.4 Å². The zero-order chi connectivity index (χ0) is 13.8. The van der Waals surface area contributed by atoms with Gasteiger partial charge in [0.1, 0.15) is 0 Å². The summed E-state index contributed by atoms with van der Waals surface area (Å²) in [5.41, 5.74) is 2.83. The summed E-state index contributed by atoms with van der Waals surface area (Å²) >= 11 is 9.64. The average molecular weight is 341 g/mol. The maximum absolute atomic E-state index is 9.32. The number of aliphatic hydroxyl groups excluding tert-OH is 1. The standard InChI is InChI=1S/C15H15BrClNO/c1-10(13-7-6-12(16)8-14(13)17)18-15-5-3-2-4-11(15)9-19/h2-8,10,18-19H,9H2,1H3. The van der Waals surface area contributed by atoms with Crippen LogP contribution in [0, 0.1) is 0 Å². The first kappa shape index (κ1) is 14.4.